The zero-order chi connectivity index (χ0) is 21.6. The molecule has 3 nitrogen and oxygen atoms in total. The molecule has 152 valence electrons. The Morgan fingerprint density at radius 2 is 1.36 bits per heavy atom. The zero-order valence-electron chi connectivity index (χ0n) is 16.1. The third kappa shape index (κ3) is 8.07. The van der Waals surface area contributed by atoms with Gasteiger partial charge in [0, 0.05) is 14.5 Å². The molecular formula is C20H21Br2Cl2NO2S. The fourth-order valence-corrected chi connectivity index (χ4v) is 3.23. The molecule has 8 heteroatoms. The van der Waals surface area contributed by atoms with Gasteiger partial charge in [-0.25, -0.2) is 4.21 Å². The van der Waals surface area contributed by atoms with Crippen LogP contribution in [0.15, 0.2) is 49.7 Å². The van der Waals surface area contributed by atoms with Crippen LogP contribution in [0.5, 0.6) is 0 Å². The number of carbonyl (C=O) groups excluding carboxylic acids is 1. The van der Waals surface area contributed by atoms with E-state index in [0.717, 1.165) is 20.2 Å². The van der Waals surface area contributed by atoms with E-state index in [9.17, 15) is 9.00 Å². The van der Waals surface area contributed by atoms with Crippen molar-refractivity contribution in [3.8, 4) is 0 Å². The molecule has 28 heavy (non-hydrogen) atoms. The van der Waals surface area contributed by atoms with Gasteiger partial charge in [-0.05, 0) is 96.3 Å². The summed E-state index contributed by atoms with van der Waals surface area (Å²) in [5, 5.41) is 1.19. The number of ketones is 1. The molecule has 0 aromatic heterocycles. The predicted molar refractivity (Wildman–Crippen MR) is 128 cm³/mol. The Labute approximate surface area is 195 Å². The molecule has 0 aliphatic rings. The topological polar surface area (TPSA) is 46.5 Å². The lowest BCUT2D eigenvalue weighted by molar-refractivity contribution is 0.101. The molecule has 2 aromatic carbocycles. The van der Waals surface area contributed by atoms with E-state index in [1.54, 1.807) is 18.2 Å². The zero-order valence-corrected chi connectivity index (χ0v) is 21.6. The predicted octanol–water partition coefficient (Wildman–Crippen LogP) is 7.68. The summed E-state index contributed by atoms with van der Waals surface area (Å²) in [4.78, 5) is 10.8. The highest BCUT2D eigenvalue weighted by molar-refractivity contribution is 9.10. The average molecular weight is 570 g/mol. The van der Waals surface area contributed by atoms with Gasteiger partial charge in [-0.15, -0.1) is 0 Å². The summed E-state index contributed by atoms with van der Waals surface area (Å²) in [6, 6.07) is 10.7. The highest BCUT2D eigenvalue weighted by Gasteiger charge is 2.19. The first kappa shape index (κ1) is 25.5. The number of carbonyl (C=O) groups is 1. The summed E-state index contributed by atoms with van der Waals surface area (Å²) in [5.41, 5.74) is 2.25. The van der Waals surface area contributed by atoms with Crippen LogP contribution in [0.4, 0.5) is 0 Å². The number of rotatable bonds is 3. The molecule has 0 fully saturated rings. The van der Waals surface area contributed by atoms with Gasteiger partial charge in [0.1, 0.15) is 11.0 Å². The molecule has 0 saturated carbocycles. The first-order chi connectivity index (χ1) is 12.8. The van der Waals surface area contributed by atoms with Crippen LogP contribution in [0.3, 0.4) is 0 Å². The summed E-state index contributed by atoms with van der Waals surface area (Å²) in [6.07, 6.45) is 0. The molecule has 0 bridgehead atoms. The molecule has 0 saturated heterocycles. The third-order valence-corrected chi connectivity index (χ3v) is 7.36. The van der Waals surface area contributed by atoms with E-state index < -0.39 is 11.0 Å². The normalized spacial score (nSPS) is 12.8. The second-order valence-corrected chi connectivity index (χ2v) is 11.3. The Morgan fingerprint density at radius 1 is 0.929 bits per heavy atom. The maximum atomic E-state index is 11.9. The second-order valence-electron chi connectivity index (χ2n) is 6.85. The van der Waals surface area contributed by atoms with E-state index in [0.29, 0.717) is 15.6 Å². The first-order valence-electron chi connectivity index (χ1n) is 8.21. The van der Waals surface area contributed by atoms with Crippen molar-refractivity contribution in [3.05, 3.63) is 66.5 Å². The third-order valence-electron chi connectivity index (χ3n) is 3.41. The maximum absolute atomic E-state index is 11.9. The largest absolute Gasteiger partial charge is 0.295 e. The first-order valence-corrected chi connectivity index (χ1v) is 11.7. The molecule has 0 heterocycles. The van der Waals surface area contributed by atoms with Gasteiger partial charge < -0.3 is 0 Å². The van der Waals surface area contributed by atoms with Gasteiger partial charge in [0.25, 0.3) is 0 Å². The van der Waals surface area contributed by atoms with E-state index in [2.05, 4.69) is 36.3 Å². The lowest BCUT2D eigenvalue weighted by Crippen LogP contribution is -2.20. The van der Waals surface area contributed by atoms with Gasteiger partial charge in [0.2, 0.25) is 0 Å². The van der Waals surface area contributed by atoms with Crippen LogP contribution >= 0.6 is 55.1 Å². The minimum atomic E-state index is -1.25. The fraction of sp³-hybridized carbons (Fsp3) is 0.300. The van der Waals surface area contributed by atoms with Crippen molar-refractivity contribution in [2.24, 2.45) is 4.40 Å². The number of hydrogen-bond donors (Lipinski definition) is 0. The van der Waals surface area contributed by atoms with E-state index in [4.69, 9.17) is 23.2 Å². The van der Waals surface area contributed by atoms with Crippen molar-refractivity contribution < 1.29 is 9.00 Å². The average Bonchev–Trinajstić information content (AvgIpc) is 2.59. The lowest BCUT2D eigenvalue weighted by atomic mass is 10.1. The number of nitrogens with zero attached hydrogens (tertiary/aromatic N) is 1. The monoisotopic (exact) mass is 567 g/mol. The second kappa shape index (κ2) is 11.0. The Balaban J connectivity index is 0.000000307. The van der Waals surface area contributed by atoms with Crippen molar-refractivity contribution >= 4 is 77.5 Å². The Morgan fingerprint density at radius 3 is 1.75 bits per heavy atom. The molecule has 0 unspecified atom stereocenters. The van der Waals surface area contributed by atoms with E-state index >= 15 is 0 Å². The highest BCUT2D eigenvalue weighted by atomic mass is 79.9. The Bertz CT molecular complexity index is 925. The summed E-state index contributed by atoms with van der Waals surface area (Å²) >= 11 is 18.3. The fourth-order valence-electron chi connectivity index (χ4n) is 1.75. The maximum Gasteiger partial charge on any atom is 0.159 e. The van der Waals surface area contributed by atoms with Crippen molar-refractivity contribution in [3.63, 3.8) is 0 Å². The molecule has 0 N–H and O–H groups in total. The van der Waals surface area contributed by atoms with Crippen LogP contribution in [0.2, 0.25) is 10.0 Å². The van der Waals surface area contributed by atoms with Crippen LogP contribution in [0, 0.1) is 0 Å². The lowest BCUT2D eigenvalue weighted by Gasteiger charge is -2.14. The number of Topliss-reactive ketones (excluding diaryl/α,β-unsaturated/α-hetero) is 1. The minimum absolute atomic E-state index is 0.0272. The minimum Gasteiger partial charge on any atom is -0.295 e. The molecular weight excluding hydrogens is 549 g/mol. The smallest absolute Gasteiger partial charge is 0.159 e. The van der Waals surface area contributed by atoms with E-state index in [-0.39, 0.29) is 10.5 Å². The number of halogens is 4. The van der Waals surface area contributed by atoms with Crippen molar-refractivity contribution in [2.45, 2.75) is 39.4 Å². The highest BCUT2D eigenvalue weighted by Crippen LogP contribution is 2.24. The molecule has 1 atom stereocenters. The van der Waals surface area contributed by atoms with Gasteiger partial charge in [0.05, 0.1) is 20.5 Å². The quantitative estimate of drug-likeness (QED) is 0.281. The molecule has 0 aliphatic heterocycles. The van der Waals surface area contributed by atoms with Crippen molar-refractivity contribution in [1.29, 1.82) is 0 Å². The van der Waals surface area contributed by atoms with Crippen LogP contribution in [-0.2, 0) is 11.0 Å². The molecule has 0 radical (unpaired) electrons. The van der Waals surface area contributed by atoms with Crippen LogP contribution < -0.4 is 0 Å². The van der Waals surface area contributed by atoms with Gasteiger partial charge in [0.15, 0.2) is 5.78 Å². The van der Waals surface area contributed by atoms with Crippen molar-refractivity contribution in [1.82, 2.24) is 0 Å². The van der Waals surface area contributed by atoms with E-state index in [1.165, 1.54) is 6.92 Å². The molecule has 0 amide bonds. The summed E-state index contributed by atoms with van der Waals surface area (Å²) in [6.45, 7) is 9.04. The molecule has 2 aromatic rings. The molecule has 0 spiro atoms. The summed E-state index contributed by atoms with van der Waals surface area (Å²) in [7, 11) is -1.25. The van der Waals surface area contributed by atoms with Crippen LogP contribution in [-0.4, -0.2) is 20.5 Å². The molecule has 0 aliphatic carbocycles. The van der Waals surface area contributed by atoms with Gasteiger partial charge in [-0.3, -0.25) is 4.79 Å². The number of benzene rings is 2. The SMILES string of the molecule is CC(=N[S@@](=O)C(C)(C)C)c1ccc(Br)c(Cl)c1.CC(=O)c1ccc(Br)c(Cl)c1. The standard InChI is InChI=1S/C12H15BrClNOS.C8H6BrClO/c1-8(15-17(16)12(2,3)4)9-5-6-10(13)11(14)7-9;1-5(11)6-2-3-7(9)8(10)4-6/h5-7H,1-4H3;2-4H,1H3/t17-;/m0./s1. The van der Waals surface area contributed by atoms with Gasteiger partial charge >= 0.3 is 0 Å². The Kier molecular flexibility index (Phi) is 10.0. The van der Waals surface area contributed by atoms with Gasteiger partial charge in [-0.1, -0.05) is 35.3 Å². The van der Waals surface area contributed by atoms with Crippen molar-refractivity contribution in [2.75, 3.05) is 0 Å². The van der Waals surface area contributed by atoms with Crippen LogP contribution in [0.25, 0.3) is 0 Å². The Hall–Kier alpha value is -0.530. The van der Waals surface area contributed by atoms with Gasteiger partial charge in [-0.2, -0.15) is 4.40 Å². The number of hydrogen-bond acceptors (Lipinski definition) is 2. The summed E-state index contributed by atoms with van der Waals surface area (Å²) in [5.74, 6) is 0.0272. The van der Waals surface area contributed by atoms with E-state index in [1.807, 2.05) is 45.9 Å². The summed E-state index contributed by atoms with van der Waals surface area (Å²) < 4.78 is 17.4. The molecule has 2 rings (SSSR count). The van der Waals surface area contributed by atoms with Crippen LogP contribution in [0.1, 0.15) is 50.5 Å².